The van der Waals surface area contributed by atoms with E-state index in [0.29, 0.717) is 17.0 Å². The minimum absolute atomic E-state index is 0.174. The molecule has 1 saturated carbocycles. The van der Waals surface area contributed by atoms with E-state index in [4.69, 9.17) is 0 Å². The lowest BCUT2D eigenvalue weighted by Gasteiger charge is -2.23. The number of hydrogen-bond acceptors (Lipinski definition) is 5. The zero-order valence-electron chi connectivity index (χ0n) is 15.8. The molecule has 6 nitrogen and oxygen atoms in total. The number of anilines is 1. The predicted octanol–water partition coefficient (Wildman–Crippen LogP) is 3.80. The van der Waals surface area contributed by atoms with Crippen LogP contribution in [0.3, 0.4) is 0 Å². The molecule has 144 valence electrons. The fourth-order valence-corrected chi connectivity index (χ4v) is 5.32. The zero-order valence-corrected chi connectivity index (χ0v) is 16.6. The minimum atomic E-state index is -0.174. The third-order valence-corrected chi connectivity index (χ3v) is 6.94. The first-order valence-corrected chi connectivity index (χ1v) is 10.8. The second-order valence-corrected chi connectivity index (χ2v) is 8.77. The molecule has 1 aliphatic carbocycles. The highest BCUT2D eigenvalue weighted by atomic mass is 32.2. The van der Waals surface area contributed by atoms with Gasteiger partial charge in [-0.2, -0.15) is 0 Å². The van der Waals surface area contributed by atoms with Crippen molar-refractivity contribution in [2.24, 2.45) is 0 Å². The highest BCUT2D eigenvalue weighted by molar-refractivity contribution is 8.00. The van der Waals surface area contributed by atoms with Crippen LogP contribution in [0.4, 0.5) is 5.69 Å². The van der Waals surface area contributed by atoms with Crippen molar-refractivity contribution in [1.29, 1.82) is 0 Å². The van der Waals surface area contributed by atoms with Crippen LogP contribution in [-0.4, -0.2) is 39.2 Å². The maximum absolute atomic E-state index is 12.9. The van der Waals surface area contributed by atoms with Crippen molar-refractivity contribution in [3.63, 3.8) is 0 Å². The average molecular weight is 386 g/mol. The number of para-hydroxylation sites is 1. The number of hydrogen-bond donors (Lipinski definition) is 2. The lowest BCUT2D eigenvalue weighted by Crippen LogP contribution is -2.30. The van der Waals surface area contributed by atoms with Gasteiger partial charge in [-0.3, -0.25) is 4.79 Å². The van der Waals surface area contributed by atoms with Gasteiger partial charge < -0.3 is 10.6 Å². The molecule has 27 heavy (non-hydrogen) atoms. The van der Waals surface area contributed by atoms with E-state index in [1.165, 1.54) is 25.7 Å². The Morgan fingerprint density at radius 3 is 2.70 bits per heavy atom. The molecular formula is C20H27N5OS. The molecular weight excluding hydrogens is 358 g/mol. The monoisotopic (exact) mass is 385 g/mol. The molecule has 7 heteroatoms. The van der Waals surface area contributed by atoms with Crippen molar-refractivity contribution in [3.05, 3.63) is 35.7 Å². The highest BCUT2D eigenvalue weighted by Gasteiger charge is 2.24. The maximum atomic E-state index is 12.9. The quantitative estimate of drug-likeness (QED) is 0.819. The number of benzene rings is 1. The molecule has 0 unspecified atom stereocenters. The van der Waals surface area contributed by atoms with Gasteiger partial charge in [0.05, 0.1) is 17.4 Å². The summed E-state index contributed by atoms with van der Waals surface area (Å²) >= 11 is 1.88. The number of piperidine rings is 1. The summed E-state index contributed by atoms with van der Waals surface area (Å²) < 4.78 is 1.93. The number of carbonyl (C=O) groups is 1. The van der Waals surface area contributed by atoms with Crippen LogP contribution < -0.4 is 10.6 Å². The Labute approximate surface area is 164 Å². The summed E-state index contributed by atoms with van der Waals surface area (Å²) in [6.07, 6.45) is 7.18. The molecule has 2 heterocycles. The molecule has 0 radical (unpaired) electrons. The summed E-state index contributed by atoms with van der Waals surface area (Å²) in [5.74, 6) is -0.174. The first-order valence-electron chi connectivity index (χ1n) is 9.92. The predicted molar refractivity (Wildman–Crippen MR) is 108 cm³/mol. The van der Waals surface area contributed by atoms with Crippen molar-refractivity contribution in [3.8, 4) is 0 Å². The molecule has 2 aromatic rings. The number of thioether (sulfide) groups is 1. The standard InChI is InChI=1S/C20H27N5OS/c1-14-19(23-24-25(14)15-10-12-21-13-11-15)20(26)22-17-8-4-5-9-18(17)27-16-6-2-3-7-16/h4-5,8-9,15-16,21H,2-3,6-7,10-13H2,1H3,(H,22,26). The summed E-state index contributed by atoms with van der Waals surface area (Å²) in [4.78, 5) is 14.0. The van der Waals surface area contributed by atoms with Gasteiger partial charge in [-0.15, -0.1) is 16.9 Å². The second-order valence-electron chi connectivity index (χ2n) is 7.42. The van der Waals surface area contributed by atoms with Gasteiger partial charge in [0.25, 0.3) is 5.91 Å². The van der Waals surface area contributed by atoms with E-state index in [1.807, 2.05) is 41.6 Å². The molecule has 0 spiro atoms. The van der Waals surface area contributed by atoms with Crippen LogP contribution in [0, 0.1) is 6.92 Å². The lowest BCUT2D eigenvalue weighted by atomic mass is 10.1. The minimum Gasteiger partial charge on any atom is -0.319 e. The Hall–Kier alpha value is -1.86. The Morgan fingerprint density at radius 2 is 1.93 bits per heavy atom. The number of nitrogens with zero attached hydrogens (tertiary/aromatic N) is 3. The van der Waals surface area contributed by atoms with Crippen molar-refractivity contribution in [2.45, 2.75) is 61.6 Å². The number of amides is 1. The van der Waals surface area contributed by atoms with Gasteiger partial charge in [0.2, 0.25) is 0 Å². The van der Waals surface area contributed by atoms with Crippen molar-refractivity contribution in [2.75, 3.05) is 18.4 Å². The van der Waals surface area contributed by atoms with E-state index >= 15 is 0 Å². The Balaban J connectivity index is 1.49. The smallest absolute Gasteiger partial charge is 0.278 e. The van der Waals surface area contributed by atoms with Crippen LogP contribution >= 0.6 is 11.8 Å². The lowest BCUT2D eigenvalue weighted by molar-refractivity contribution is 0.102. The summed E-state index contributed by atoms with van der Waals surface area (Å²) in [6.45, 7) is 3.91. The van der Waals surface area contributed by atoms with Gasteiger partial charge in [-0.05, 0) is 57.8 Å². The summed E-state index contributed by atoms with van der Waals surface area (Å²) in [6, 6.07) is 8.39. The van der Waals surface area contributed by atoms with E-state index in [0.717, 1.165) is 42.2 Å². The molecule has 1 aliphatic heterocycles. The fraction of sp³-hybridized carbons (Fsp3) is 0.550. The number of nitrogens with one attached hydrogen (secondary N) is 2. The summed E-state index contributed by atoms with van der Waals surface area (Å²) in [7, 11) is 0. The average Bonchev–Trinajstić information content (AvgIpc) is 3.33. The van der Waals surface area contributed by atoms with Gasteiger partial charge in [-0.25, -0.2) is 4.68 Å². The van der Waals surface area contributed by atoms with Crippen LogP contribution in [0.15, 0.2) is 29.2 Å². The van der Waals surface area contributed by atoms with E-state index in [1.54, 1.807) is 0 Å². The highest BCUT2D eigenvalue weighted by Crippen LogP contribution is 2.38. The van der Waals surface area contributed by atoms with E-state index in [9.17, 15) is 4.79 Å². The van der Waals surface area contributed by atoms with Gasteiger partial charge in [-0.1, -0.05) is 30.2 Å². The fourth-order valence-electron chi connectivity index (χ4n) is 3.99. The zero-order chi connectivity index (χ0) is 18.6. The molecule has 2 fully saturated rings. The Kier molecular flexibility index (Phi) is 5.78. The van der Waals surface area contributed by atoms with Crippen LogP contribution in [0.5, 0.6) is 0 Å². The van der Waals surface area contributed by atoms with Gasteiger partial charge in [0.1, 0.15) is 0 Å². The second kappa shape index (κ2) is 8.44. The van der Waals surface area contributed by atoms with Gasteiger partial charge in [0, 0.05) is 10.1 Å². The topological polar surface area (TPSA) is 71.8 Å². The van der Waals surface area contributed by atoms with Crippen LogP contribution in [-0.2, 0) is 0 Å². The van der Waals surface area contributed by atoms with Crippen molar-refractivity contribution < 1.29 is 4.79 Å². The Bertz CT molecular complexity index is 793. The van der Waals surface area contributed by atoms with Crippen LogP contribution in [0.1, 0.15) is 60.7 Å². The van der Waals surface area contributed by atoms with Crippen molar-refractivity contribution in [1.82, 2.24) is 20.3 Å². The number of rotatable bonds is 5. The van der Waals surface area contributed by atoms with Gasteiger partial charge >= 0.3 is 0 Å². The largest absolute Gasteiger partial charge is 0.319 e. The molecule has 2 N–H and O–H groups in total. The SMILES string of the molecule is Cc1c(C(=O)Nc2ccccc2SC2CCCC2)nnn1C1CCNCC1. The molecule has 1 amide bonds. The Morgan fingerprint density at radius 1 is 1.19 bits per heavy atom. The molecule has 0 atom stereocenters. The molecule has 1 aromatic carbocycles. The third kappa shape index (κ3) is 4.19. The van der Waals surface area contributed by atoms with Crippen LogP contribution in [0.2, 0.25) is 0 Å². The maximum Gasteiger partial charge on any atom is 0.278 e. The van der Waals surface area contributed by atoms with Gasteiger partial charge in [0.15, 0.2) is 5.69 Å². The summed E-state index contributed by atoms with van der Waals surface area (Å²) in [5.41, 5.74) is 2.14. The molecule has 0 bridgehead atoms. The third-order valence-electron chi connectivity index (χ3n) is 5.53. The van der Waals surface area contributed by atoms with Crippen molar-refractivity contribution >= 4 is 23.4 Å². The molecule has 4 rings (SSSR count). The summed E-state index contributed by atoms with van der Waals surface area (Å²) in [5, 5.41) is 15.6. The van der Waals surface area contributed by atoms with E-state index < -0.39 is 0 Å². The van der Waals surface area contributed by atoms with E-state index in [2.05, 4.69) is 27.0 Å². The first-order chi connectivity index (χ1) is 13.2. The first kappa shape index (κ1) is 18.5. The number of carbonyl (C=O) groups excluding carboxylic acids is 1. The van der Waals surface area contributed by atoms with E-state index in [-0.39, 0.29) is 5.91 Å². The molecule has 1 aromatic heterocycles. The van der Waals surface area contributed by atoms with Crippen LogP contribution in [0.25, 0.3) is 0 Å². The molecule has 2 aliphatic rings. The molecule has 1 saturated heterocycles. The number of aromatic nitrogens is 3. The normalized spacial score (nSPS) is 18.7.